The molecule has 1 unspecified atom stereocenters. The summed E-state index contributed by atoms with van der Waals surface area (Å²) in [6.45, 7) is 5.19. The molecule has 29 heavy (non-hydrogen) atoms. The van der Waals surface area contributed by atoms with Gasteiger partial charge in [0.05, 0.1) is 17.6 Å². The molecule has 1 aromatic heterocycles. The fourth-order valence-electron chi connectivity index (χ4n) is 5.30. The Morgan fingerprint density at radius 2 is 1.97 bits per heavy atom. The predicted molar refractivity (Wildman–Crippen MR) is 110 cm³/mol. The molecule has 3 saturated heterocycles. The van der Waals surface area contributed by atoms with Crippen LogP contribution in [-0.4, -0.2) is 71.1 Å². The standard InChI is InChI=1S/C22H29N5O2/c28-20(16-3-4-19-18(12-16)13-24-25-19)27-9-1-2-17(14-27)21(29)26-10-6-22(7-11-26)5-8-23-15-22/h3-4,12-13,17,23H,1-2,5-11,14-15H2,(H,24,25). The minimum Gasteiger partial charge on any atom is -0.342 e. The highest BCUT2D eigenvalue weighted by atomic mass is 16.2. The third-order valence-corrected chi connectivity index (χ3v) is 7.21. The van der Waals surface area contributed by atoms with Crippen molar-refractivity contribution in [3.8, 4) is 0 Å². The molecule has 1 aromatic carbocycles. The molecule has 3 fully saturated rings. The topological polar surface area (TPSA) is 81.3 Å². The molecule has 2 N–H and O–H groups in total. The largest absolute Gasteiger partial charge is 0.342 e. The second-order valence-electron chi connectivity index (χ2n) is 9.01. The Balaban J connectivity index is 1.23. The van der Waals surface area contributed by atoms with Gasteiger partial charge < -0.3 is 15.1 Å². The molecule has 5 rings (SSSR count). The number of hydrogen-bond donors (Lipinski definition) is 2. The van der Waals surface area contributed by atoms with E-state index in [0.29, 0.717) is 17.5 Å². The van der Waals surface area contributed by atoms with Crippen molar-refractivity contribution in [1.82, 2.24) is 25.3 Å². The van der Waals surface area contributed by atoms with Gasteiger partial charge in [-0.2, -0.15) is 5.10 Å². The minimum atomic E-state index is -0.0684. The molecule has 7 heteroatoms. The third kappa shape index (κ3) is 3.52. The van der Waals surface area contributed by atoms with E-state index >= 15 is 0 Å². The van der Waals surface area contributed by atoms with Gasteiger partial charge in [-0.3, -0.25) is 14.7 Å². The number of nitrogens with zero attached hydrogens (tertiary/aromatic N) is 3. The summed E-state index contributed by atoms with van der Waals surface area (Å²) in [5, 5.41) is 11.4. The van der Waals surface area contributed by atoms with Gasteiger partial charge in [0.15, 0.2) is 0 Å². The zero-order valence-corrected chi connectivity index (χ0v) is 16.8. The minimum absolute atomic E-state index is 0.0141. The highest BCUT2D eigenvalue weighted by Gasteiger charge is 2.40. The molecule has 2 aromatic rings. The Morgan fingerprint density at radius 3 is 2.76 bits per heavy atom. The summed E-state index contributed by atoms with van der Waals surface area (Å²) in [4.78, 5) is 30.1. The quantitative estimate of drug-likeness (QED) is 0.815. The Kier molecular flexibility index (Phi) is 4.78. The number of aromatic amines is 1. The summed E-state index contributed by atoms with van der Waals surface area (Å²) in [6.07, 6.45) is 6.95. The van der Waals surface area contributed by atoms with Crippen molar-refractivity contribution in [3.05, 3.63) is 30.0 Å². The first-order valence-electron chi connectivity index (χ1n) is 10.9. The van der Waals surface area contributed by atoms with Crippen molar-refractivity contribution in [1.29, 1.82) is 0 Å². The molecule has 1 spiro atoms. The average Bonchev–Trinajstić information content (AvgIpc) is 3.42. The number of carbonyl (C=O) groups is 2. The first-order valence-corrected chi connectivity index (χ1v) is 10.9. The normalized spacial score (nSPS) is 24.3. The van der Waals surface area contributed by atoms with Crippen LogP contribution in [0.4, 0.5) is 0 Å². The molecular formula is C22H29N5O2. The van der Waals surface area contributed by atoms with Gasteiger partial charge in [-0.25, -0.2) is 0 Å². The van der Waals surface area contributed by atoms with Gasteiger partial charge in [0, 0.05) is 43.7 Å². The van der Waals surface area contributed by atoms with Gasteiger partial charge >= 0.3 is 0 Å². The predicted octanol–water partition coefficient (Wildman–Crippen LogP) is 2.02. The van der Waals surface area contributed by atoms with Crippen molar-refractivity contribution in [2.45, 2.75) is 32.1 Å². The SMILES string of the molecule is O=C(c1ccc2[nH]ncc2c1)N1CCCC(C(=O)N2CCC3(CCNC3)CC2)C1. The molecule has 3 aliphatic rings. The van der Waals surface area contributed by atoms with E-state index in [2.05, 4.69) is 20.4 Å². The van der Waals surface area contributed by atoms with E-state index in [-0.39, 0.29) is 17.7 Å². The molecule has 2 amide bonds. The number of carbonyl (C=O) groups excluding carboxylic acids is 2. The number of nitrogens with one attached hydrogen (secondary N) is 2. The fourth-order valence-corrected chi connectivity index (χ4v) is 5.30. The van der Waals surface area contributed by atoms with Gasteiger partial charge in [-0.05, 0) is 62.3 Å². The van der Waals surface area contributed by atoms with Crippen molar-refractivity contribution in [3.63, 3.8) is 0 Å². The Hall–Kier alpha value is -2.41. The maximum atomic E-state index is 13.2. The van der Waals surface area contributed by atoms with Crippen LogP contribution in [0.15, 0.2) is 24.4 Å². The van der Waals surface area contributed by atoms with Crippen LogP contribution in [0.25, 0.3) is 10.9 Å². The number of aromatic nitrogens is 2. The van der Waals surface area contributed by atoms with Crippen LogP contribution in [0, 0.1) is 11.3 Å². The molecule has 154 valence electrons. The lowest BCUT2D eigenvalue weighted by atomic mass is 9.77. The van der Waals surface area contributed by atoms with Crippen LogP contribution in [0.1, 0.15) is 42.5 Å². The second-order valence-corrected chi connectivity index (χ2v) is 9.01. The number of likely N-dealkylation sites (tertiary alicyclic amines) is 2. The maximum absolute atomic E-state index is 13.2. The van der Waals surface area contributed by atoms with Gasteiger partial charge in [0.1, 0.15) is 0 Å². The number of fused-ring (bicyclic) bond motifs is 1. The van der Waals surface area contributed by atoms with Gasteiger partial charge in [0.25, 0.3) is 5.91 Å². The lowest BCUT2D eigenvalue weighted by Crippen LogP contribution is -2.50. The summed E-state index contributed by atoms with van der Waals surface area (Å²) >= 11 is 0. The van der Waals surface area contributed by atoms with Crippen LogP contribution in [0.3, 0.4) is 0 Å². The number of rotatable bonds is 2. The van der Waals surface area contributed by atoms with Crippen molar-refractivity contribution < 1.29 is 9.59 Å². The zero-order chi connectivity index (χ0) is 19.8. The summed E-state index contributed by atoms with van der Waals surface area (Å²) in [5.41, 5.74) is 2.01. The molecule has 4 heterocycles. The molecule has 3 aliphatic heterocycles. The monoisotopic (exact) mass is 395 g/mol. The summed E-state index contributed by atoms with van der Waals surface area (Å²) < 4.78 is 0. The number of H-pyrrole nitrogens is 1. The Bertz CT molecular complexity index is 907. The summed E-state index contributed by atoms with van der Waals surface area (Å²) in [5.74, 6) is 0.190. The van der Waals surface area contributed by atoms with Gasteiger partial charge in [-0.1, -0.05) is 0 Å². The maximum Gasteiger partial charge on any atom is 0.253 e. The van der Waals surface area contributed by atoms with E-state index in [0.717, 1.165) is 69.3 Å². The van der Waals surface area contributed by atoms with Crippen molar-refractivity contribution in [2.75, 3.05) is 39.3 Å². The van der Waals surface area contributed by atoms with E-state index in [1.807, 2.05) is 23.1 Å². The molecule has 0 aliphatic carbocycles. The van der Waals surface area contributed by atoms with Gasteiger partial charge in [-0.15, -0.1) is 0 Å². The summed E-state index contributed by atoms with van der Waals surface area (Å²) in [6, 6.07) is 5.61. The van der Waals surface area contributed by atoms with Crippen LogP contribution in [-0.2, 0) is 4.79 Å². The number of benzene rings is 1. The molecule has 1 atom stereocenters. The first kappa shape index (κ1) is 18.6. The molecule has 0 bridgehead atoms. The van der Waals surface area contributed by atoms with Crippen LogP contribution in [0.5, 0.6) is 0 Å². The van der Waals surface area contributed by atoms with E-state index in [9.17, 15) is 9.59 Å². The van der Waals surface area contributed by atoms with Gasteiger partial charge in [0.2, 0.25) is 5.91 Å². The highest BCUT2D eigenvalue weighted by molar-refractivity contribution is 5.98. The lowest BCUT2D eigenvalue weighted by molar-refractivity contribution is -0.139. The van der Waals surface area contributed by atoms with Crippen LogP contribution < -0.4 is 5.32 Å². The third-order valence-electron chi connectivity index (χ3n) is 7.21. The first-order chi connectivity index (χ1) is 14.1. The molecule has 0 saturated carbocycles. The number of amides is 2. The summed E-state index contributed by atoms with van der Waals surface area (Å²) in [7, 11) is 0. The molecule has 0 radical (unpaired) electrons. The smallest absolute Gasteiger partial charge is 0.253 e. The van der Waals surface area contributed by atoms with Crippen LogP contribution in [0.2, 0.25) is 0 Å². The highest BCUT2D eigenvalue weighted by Crippen LogP contribution is 2.37. The van der Waals surface area contributed by atoms with E-state index in [4.69, 9.17) is 0 Å². The van der Waals surface area contributed by atoms with E-state index in [1.165, 1.54) is 6.42 Å². The second kappa shape index (κ2) is 7.44. The number of piperidine rings is 2. The van der Waals surface area contributed by atoms with E-state index < -0.39 is 0 Å². The zero-order valence-electron chi connectivity index (χ0n) is 16.8. The Morgan fingerprint density at radius 1 is 1.10 bits per heavy atom. The molecular weight excluding hydrogens is 366 g/mol. The van der Waals surface area contributed by atoms with Crippen molar-refractivity contribution in [2.24, 2.45) is 11.3 Å². The van der Waals surface area contributed by atoms with Crippen LogP contribution >= 0.6 is 0 Å². The number of hydrogen-bond acceptors (Lipinski definition) is 4. The fraction of sp³-hybridized carbons (Fsp3) is 0.591. The lowest BCUT2D eigenvalue weighted by Gasteiger charge is -2.41. The molecule has 7 nitrogen and oxygen atoms in total. The van der Waals surface area contributed by atoms with Crippen molar-refractivity contribution >= 4 is 22.7 Å². The average molecular weight is 396 g/mol. The van der Waals surface area contributed by atoms with E-state index in [1.54, 1.807) is 6.20 Å². The Labute approximate surface area is 170 Å².